The molecule has 2 aromatic rings. The van der Waals surface area contributed by atoms with E-state index < -0.39 is 14.9 Å². The van der Waals surface area contributed by atoms with Gasteiger partial charge >= 0.3 is 0 Å². The summed E-state index contributed by atoms with van der Waals surface area (Å²) in [5.41, 5.74) is 0.417. The van der Waals surface area contributed by atoms with Crippen molar-refractivity contribution in [3.8, 4) is 6.07 Å². The second kappa shape index (κ2) is 7.52. The van der Waals surface area contributed by atoms with Crippen LogP contribution < -0.4 is 4.90 Å². The van der Waals surface area contributed by atoms with Gasteiger partial charge in [0.1, 0.15) is 5.69 Å². The van der Waals surface area contributed by atoms with Gasteiger partial charge in [-0.3, -0.25) is 10.1 Å². The number of piperazine rings is 1. The van der Waals surface area contributed by atoms with Gasteiger partial charge in [-0.2, -0.15) is 9.57 Å². The third-order valence-corrected chi connectivity index (χ3v) is 6.50. The lowest BCUT2D eigenvalue weighted by Crippen LogP contribution is -2.48. The van der Waals surface area contributed by atoms with Gasteiger partial charge in [-0.1, -0.05) is 11.6 Å². The van der Waals surface area contributed by atoms with E-state index in [0.717, 1.165) is 0 Å². The molecule has 2 aromatic carbocycles. The molecule has 0 spiro atoms. The van der Waals surface area contributed by atoms with E-state index in [1.165, 1.54) is 46.8 Å². The Labute approximate surface area is 161 Å². The Morgan fingerprint density at radius 3 is 2.26 bits per heavy atom. The van der Waals surface area contributed by atoms with Crippen LogP contribution in [-0.2, 0) is 10.0 Å². The van der Waals surface area contributed by atoms with Crippen LogP contribution in [0.25, 0.3) is 0 Å². The van der Waals surface area contributed by atoms with E-state index in [0.29, 0.717) is 23.8 Å². The molecule has 0 atom stereocenters. The Balaban J connectivity index is 1.79. The summed E-state index contributed by atoms with van der Waals surface area (Å²) in [7, 11) is -3.65. The fourth-order valence-corrected chi connectivity index (χ4v) is 4.48. The molecule has 10 heteroatoms. The molecule has 0 saturated carbocycles. The number of nitro groups is 1. The van der Waals surface area contributed by atoms with Crippen LogP contribution in [-0.4, -0.2) is 43.8 Å². The molecule has 0 amide bonds. The number of sulfonamides is 1. The lowest BCUT2D eigenvalue weighted by atomic mass is 10.1. The van der Waals surface area contributed by atoms with Crippen molar-refractivity contribution < 1.29 is 13.3 Å². The molecule has 0 aliphatic carbocycles. The molecular weight excluding hydrogens is 392 g/mol. The lowest BCUT2D eigenvalue weighted by molar-refractivity contribution is -0.384. The zero-order valence-corrected chi connectivity index (χ0v) is 15.7. The van der Waals surface area contributed by atoms with Gasteiger partial charge in [-0.15, -0.1) is 0 Å². The molecule has 3 rings (SSSR count). The third-order valence-electron chi connectivity index (χ3n) is 4.33. The number of benzene rings is 2. The average molecular weight is 407 g/mol. The number of nitro benzene ring substituents is 1. The van der Waals surface area contributed by atoms with Crippen molar-refractivity contribution in [2.24, 2.45) is 0 Å². The zero-order valence-electron chi connectivity index (χ0n) is 14.1. The number of nitriles is 1. The van der Waals surface area contributed by atoms with E-state index in [-0.39, 0.29) is 29.2 Å². The molecule has 0 aromatic heterocycles. The normalized spacial score (nSPS) is 15.3. The summed E-state index contributed by atoms with van der Waals surface area (Å²) < 4.78 is 26.8. The van der Waals surface area contributed by atoms with Gasteiger partial charge in [-0.25, -0.2) is 8.42 Å². The van der Waals surface area contributed by atoms with Crippen molar-refractivity contribution in [3.63, 3.8) is 0 Å². The van der Waals surface area contributed by atoms with E-state index in [2.05, 4.69) is 0 Å². The predicted octanol–water partition coefficient (Wildman–Crippen LogP) is 2.63. The first-order chi connectivity index (χ1) is 12.8. The number of nitrogens with zero attached hydrogens (tertiary/aromatic N) is 4. The van der Waals surface area contributed by atoms with Crippen LogP contribution in [0.2, 0.25) is 5.02 Å². The molecule has 0 radical (unpaired) electrons. The molecule has 0 unspecified atom stereocenters. The first-order valence-electron chi connectivity index (χ1n) is 8.02. The molecular formula is C17H15ClN4O4S. The lowest BCUT2D eigenvalue weighted by Gasteiger charge is -2.35. The minimum Gasteiger partial charge on any atom is -0.363 e. The van der Waals surface area contributed by atoms with E-state index in [1.54, 1.807) is 4.90 Å². The van der Waals surface area contributed by atoms with Crippen molar-refractivity contribution in [2.75, 3.05) is 31.1 Å². The van der Waals surface area contributed by atoms with Gasteiger partial charge in [0, 0.05) is 37.3 Å². The summed E-state index contributed by atoms with van der Waals surface area (Å²) in [4.78, 5) is 12.7. The average Bonchev–Trinajstić information content (AvgIpc) is 2.68. The van der Waals surface area contributed by atoms with E-state index >= 15 is 0 Å². The SMILES string of the molecule is N#Cc1ccc(N2CCN(S(=O)(=O)c3ccc(Cl)cc3)CC2)c([N+](=O)[O-])c1. The second-order valence-corrected chi connectivity index (χ2v) is 8.29. The Morgan fingerprint density at radius 2 is 1.70 bits per heavy atom. The number of rotatable bonds is 4. The summed E-state index contributed by atoms with van der Waals surface area (Å²) in [6.07, 6.45) is 0. The first-order valence-corrected chi connectivity index (χ1v) is 9.84. The van der Waals surface area contributed by atoms with Gasteiger partial charge < -0.3 is 4.90 Å². The highest BCUT2D eigenvalue weighted by atomic mass is 35.5. The molecule has 1 heterocycles. The molecule has 8 nitrogen and oxygen atoms in total. The van der Waals surface area contributed by atoms with Crippen LogP contribution in [0.1, 0.15) is 5.56 Å². The highest BCUT2D eigenvalue weighted by Crippen LogP contribution is 2.30. The molecule has 1 fully saturated rings. The van der Waals surface area contributed by atoms with Gasteiger partial charge in [0.15, 0.2) is 0 Å². The quantitative estimate of drug-likeness (QED) is 0.570. The van der Waals surface area contributed by atoms with Gasteiger partial charge in [0.05, 0.1) is 21.5 Å². The van der Waals surface area contributed by atoms with E-state index in [4.69, 9.17) is 16.9 Å². The van der Waals surface area contributed by atoms with Gasteiger partial charge in [0.25, 0.3) is 5.69 Å². The van der Waals surface area contributed by atoms with Gasteiger partial charge in [-0.05, 0) is 36.4 Å². The molecule has 0 N–H and O–H groups in total. The Hall–Kier alpha value is -2.67. The van der Waals surface area contributed by atoms with Crippen LogP contribution in [0.15, 0.2) is 47.4 Å². The molecule has 27 heavy (non-hydrogen) atoms. The third kappa shape index (κ3) is 3.88. The number of hydrogen-bond donors (Lipinski definition) is 0. The number of anilines is 1. The summed E-state index contributed by atoms with van der Waals surface area (Å²) >= 11 is 5.81. The van der Waals surface area contributed by atoms with Crippen molar-refractivity contribution in [3.05, 3.63) is 63.2 Å². The van der Waals surface area contributed by atoms with Crippen molar-refractivity contribution in [1.29, 1.82) is 5.26 Å². The molecule has 1 aliphatic rings. The van der Waals surface area contributed by atoms with Crippen LogP contribution in [0, 0.1) is 21.4 Å². The number of halogens is 1. The monoisotopic (exact) mass is 406 g/mol. The van der Waals surface area contributed by atoms with Crippen LogP contribution >= 0.6 is 11.6 Å². The van der Waals surface area contributed by atoms with Crippen LogP contribution in [0.4, 0.5) is 11.4 Å². The Morgan fingerprint density at radius 1 is 1.07 bits per heavy atom. The summed E-state index contributed by atoms with van der Waals surface area (Å²) in [6, 6.07) is 12.1. The minimum absolute atomic E-state index is 0.157. The highest BCUT2D eigenvalue weighted by Gasteiger charge is 2.30. The largest absolute Gasteiger partial charge is 0.363 e. The van der Waals surface area contributed by atoms with Crippen LogP contribution in [0.3, 0.4) is 0 Å². The van der Waals surface area contributed by atoms with Gasteiger partial charge in [0.2, 0.25) is 10.0 Å². The fourth-order valence-electron chi connectivity index (χ4n) is 2.93. The molecule has 0 bridgehead atoms. The van der Waals surface area contributed by atoms with E-state index in [9.17, 15) is 18.5 Å². The Bertz CT molecular complexity index is 1010. The van der Waals surface area contributed by atoms with Crippen molar-refractivity contribution in [1.82, 2.24) is 4.31 Å². The maximum atomic E-state index is 12.7. The standard InChI is InChI=1S/C17H15ClN4O4S/c18-14-2-4-15(5-3-14)27(25,26)21-9-7-20(8-10-21)16-6-1-13(12-19)11-17(16)22(23)24/h1-6,11H,7-10H2. The fraction of sp³-hybridized carbons (Fsp3) is 0.235. The smallest absolute Gasteiger partial charge is 0.293 e. The topological polar surface area (TPSA) is 108 Å². The summed E-state index contributed by atoms with van der Waals surface area (Å²) in [5.74, 6) is 0. The van der Waals surface area contributed by atoms with Crippen molar-refractivity contribution in [2.45, 2.75) is 4.90 Å². The Kier molecular flexibility index (Phi) is 5.32. The molecule has 140 valence electrons. The predicted molar refractivity (Wildman–Crippen MR) is 100 cm³/mol. The number of hydrogen-bond acceptors (Lipinski definition) is 6. The second-order valence-electron chi connectivity index (χ2n) is 5.92. The van der Waals surface area contributed by atoms with Crippen molar-refractivity contribution >= 4 is 33.0 Å². The maximum Gasteiger partial charge on any atom is 0.293 e. The minimum atomic E-state index is -3.65. The maximum absolute atomic E-state index is 12.7. The molecule has 1 aliphatic heterocycles. The van der Waals surface area contributed by atoms with E-state index in [1.807, 2.05) is 6.07 Å². The zero-order chi connectivity index (χ0) is 19.6. The highest BCUT2D eigenvalue weighted by molar-refractivity contribution is 7.89. The summed E-state index contributed by atoms with van der Waals surface area (Å²) in [5, 5.41) is 20.7. The summed E-state index contributed by atoms with van der Waals surface area (Å²) in [6.45, 7) is 1.00. The molecule has 1 saturated heterocycles. The first kappa shape index (κ1) is 19.1. The van der Waals surface area contributed by atoms with Crippen LogP contribution in [0.5, 0.6) is 0 Å².